The van der Waals surface area contributed by atoms with Crippen LogP contribution in [0.1, 0.15) is 30.3 Å². The van der Waals surface area contributed by atoms with Gasteiger partial charge in [-0.25, -0.2) is 9.97 Å². The number of benzene rings is 1. The number of hydrogen-bond donors (Lipinski definition) is 0. The van der Waals surface area contributed by atoms with Gasteiger partial charge in [0.2, 0.25) is 0 Å². The Morgan fingerprint density at radius 1 is 1.14 bits per heavy atom. The molecule has 3 heterocycles. The van der Waals surface area contributed by atoms with Gasteiger partial charge in [-0.15, -0.1) is 0 Å². The Kier molecular flexibility index (Phi) is 5.32. The van der Waals surface area contributed by atoms with E-state index in [1.807, 2.05) is 52.9 Å². The summed E-state index contributed by atoms with van der Waals surface area (Å²) in [4.78, 5) is 28.0. The van der Waals surface area contributed by atoms with E-state index in [1.165, 1.54) is 0 Å². The fourth-order valence-corrected chi connectivity index (χ4v) is 3.60. The molecule has 0 aliphatic carbocycles. The van der Waals surface area contributed by atoms with E-state index < -0.39 is 0 Å². The van der Waals surface area contributed by atoms with Crippen molar-refractivity contribution in [2.45, 2.75) is 25.7 Å². The van der Waals surface area contributed by atoms with E-state index in [4.69, 9.17) is 4.74 Å². The standard InChI is InChI=1S/C21H23N5O2/c1-16-22-11-13-26(16)21-20(23-9-10-24-21)17-6-5-12-25(14-17)19(27)15-28-18-7-3-2-4-8-18/h2-4,7-11,13,17H,5-6,12,14-15H2,1H3. The molecule has 1 aliphatic rings. The minimum absolute atomic E-state index is 0.00203. The average Bonchev–Trinajstić information content (AvgIpc) is 3.18. The van der Waals surface area contributed by atoms with Crippen LogP contribution in [0.4, 0.5) is 0 Å². The fraction of sp³-hybridized carbons (Fsp3) is 0.333. The molecular weight excluding hydrogens is 354 g/mol. The van der Waals surface area contributed by atoms with Crippen LogP contribution in [0.5, 0.6) is 5.75 Å². The van der Waals surface area contributed by atoms with Crippen LogP contribution in [-0.4, -0.2) is 50.0 Å². The van der Waals surface area contributed by atoms with Gasteiger partial charge in [0.25, 0.3) is 5.91 Å². The molecule has 0 saturated carbocycles. The number of aryl methyl sites for hydroxylation is 1. The molecule has 7 heteroatoms. The zero-order chi connectivity index (χ0) is 19.3. The van der Waals surface area contributed by atoms with E-state index in [9.17, 15) is 4.79 Å². The van der Waals surface area contributed by atoms with Crippen LogP contribution in [0, 0.1) is 6.92 Å². The number of carbonyl (C=O) groups is 1. The number of ether oxygens (including phenoxy) is 1. The lowest BCUT2D eigenvalue weighted by Crippen LogP contribution is -2.42. The number of likely N-dealkylation sites (tertiary alicyclic amines) is 1. The van der Waals surface area contributed by atoms with Crippen molar-refractivity contribution in [2.75, 3.05) is 19.7 Å². The van der Waals surface area contributed by atoms with Gasteiger partial charge in [-0.3, -0.25) is 14.3 Å². The lowest BCUT2D eigenvalue weighted by molar-refractivity contribution is -0.134. The quantitative estimate of drug-likeness (QED) is 0.684. The van der Waals surface area contributed by atoms with Gasteiger partial charge in [-0.05, 0) is 31.9 Å². The van der Waals surface area contributed by atoms with Gasteiger partial charge >= 0.3 is 0 Å². The summed E-state index contributed by atoms with van der Waals surface area (Å²) in [5, 5.41) is 0. The number of hydrogen-bond acceptors (Lipinski definition) is 5. The molecule has 0 bridgehead atoms. The molecular formula is C21H23N5O2. The van der Waals surface area contributed by atoms with E-state index in [0.29, 0.717) is 12.3 Å². The van der Waals surface area contributed by atoms with Crippen molar-refractivity contribution in [3.8, 4) is 11.6 Å². The summed E-state index contributed by atoms with van der Waals surface area (Å²) in [6.07, 6.45) is 8.96. The SMILES string of the molecule is Cc1nccn1-c1nccnc1C1CCCN(C(=O)COc2ccccc2)C1. The smallest absolute Gasteiger partial charge is 0.260 e. The molecule has 4 rings (SSSR count). The van der Waals surface area contributed by atoms with E-state index in [-0.39, 0.29) is 18.4 Å². The number of piperidine rings is 1. The van der Waals surface area contributed by atoms with Crippen LogP contribution < -0.4 is 4.74 Å². The second-order valence-corrected chi connectivity index (χ2v) is 6.89. The molecule has 0 spiro atoms. The van der Waals surface area contributed by atoms with Gasteiger partial charge in [0.1, 0.15) is 11.6 Å². The van der Waals surface area contributed by atoms with Crippen molar-refractivity contribution in [3.63, 3.8) is 0 Å². The maximum Gasteiger partial charge on any atom is 0.260 e. The number of carbonyl (C=O) groups excluding carboxylic acids is 1. The third-order valence-corrected chi connectivity index (χ3v) is 5.03. The molecule has 1 amide bonds. The fourth-order valence-electron chi connectivity index (χ4n) is 3.60. The first-order chi connectivity index (χ1) is 13.7. The van der Waals surface area contributed by atoms with E-state index in [2.05, 4.69) is 15.0 Å². The third-order valence-electron chi connectivity index (χ3n) is 5.03. The molecule has 7 nitrogen and oxygen atoms in total. The Morgan fingerprint density at radius 3 is 2.75 bits per heavy atom. The van der Waals surface area contributed by atoms with E-state index in [1.54, 1.807) is 18.6 Å². The first kappa shape index (κ1) is 18.2. The number of amides is 1. The Labute approximate surface area is 164 Å². The van der Waals surface area contributed by atoms with Gasteiger partial charge in [0, 0.05) is 43.8 Å². The lowest BCUT2D eigenvalue weighted by atomic mass is 9.94. The summed E-state index contributed by atoms with van der Waals surface area (Å²) in [7, 11) is 0. The summed E-state index contributed by atoms with van der Waals surface area (Å²) in [6.45, 7) is 3.35. The normalized spacial score (nSPS) is 16.8. The molecule has 1 atom stereocenters. The van der Waals surface area contributed by atoms with Crippen LogP contribution in [0.25, 0.3) is 5.82 Å². The van der Waals surface area contributed by atoms with Crippen molar-refractivity contribution < 1.29 is 9.53 Å². The van der Waals surface area contributed by atoms with Crippen LogP contribution in [0.3, 0.4) is 0 Å². The first-order valence-corrected chi connectivity index (χ1v) is 9.49. The second kappa shape index (κ2) is 8.21. The highest BCUT2D eigenvalue weighted by Gasteiger charge is 2.28. The highest BCUT2D eigenvalue weighted by Crippen LogP contribution is 2.29. The van der Waals surface area contributed by atoms with Gasteiger partial charge in [0.15, 0.2) is 12.4 Å². The number of nitrogens with zero attached hydrogens (tertiary/aromatic N) is 5. The van der Waals surface area contributed by atoms with Gasteiger partial charge in [0.05, 0.1) is 5.69 Å². The number of para-hydroxylation sites is 1. The summed E-state index contributed by atoms with van der Waals surface area (Å²) in [5.41, 5.74) is 0.907. The molecule has 1 aromatic carbocycles. The number of aromatic nitrogens is 4. The van der Waals surface area contributed by atoms with Gasteiger partial charge in [-0.2, -0.15) is 0 Å². The molecule has 144 valence electrons. The third kappa shape index (κ3) is 3.88. The van der Waals surface area contributed by atoms with Crippen molar-refractivity contribution in [2.24, 2.45) is 0 Å². The Hall–Kier alpha value is -3.22. The Bertz CT molecular complexity index is 941. The molecule has 3 aromatic rings. The number of imidazole rings is 1. The summed E-state index contributed by atoms with van der Waals surface area (Å²) in [6, 6.07) is 9.41. The molecule has 2 aromatic heterocycles. The van der Waals surface area contributed by atoms with Gasteiger partial charge < -0.3 is 9.64 Å². The van der Waals surface area contributed by atoms with E-state index in [0.717, 1.165) is 36.7 Å². The van der Waals surface area contributed by atoms with Crippen LogP contribution in [0.15, 0.2) is 55.1 Å². The lowest BCUT2D eigenvalue weighted by Gasteiger charge is -2.33. The molecule has 1 aliphatic heterocycles. The van der Waals surface area contributed by atoms with Crippen LogP contribution >= 0.6 is 0 Å². The summed E-state index contributed by atoms with van der Waals surface area (Å²) in [5.74, 6) is 2.49. The molecule has 0 N–H and O–H groups in total. The molecule has 1 fully saturated rings. The zero-order valence-electron chi connectivity index (χ0n) is 15.9. The van der Waals surface area contributed by atoms with Crippen molar-refractivity contribution in [1.29, 1.82) is 0 Å². The molecule has 1 unspecified atom stereocenters. The predicted molar refractivity (Wildman–Crippen MR) is 104 cm³/mol. The summed E-state index contributed by atoms with van der Waals surface area (Å²) >= 11 is 0. The minimum atomic E-state index is -0.00203. The van der Waals surface area contributed by atoms with E-state index >= 15 is 0 Å². The average molecular weight is 377 g/mol. The van der Waals surface area contributed by atoms with Crippen molar-refractivity contribution >= 4 is 5.91 Å². The number of rotatable bonds is 5. The minimum Gasteiger partial charge on any atom is -0.484 e. The van der Waals surface area contributed by atoms with Crippen LogP contribution in [-0.2, 0) is 4.79 Å². The molecule has 0 radical (unpaired) electrons. The highest BCUT2D eigenvalue weighted by atomic mass is 16.5. The molecule has 1 saturated heterocycles. The first-order valence-electron chi connectivity index (χ1n) is 9.49. The highest BCUT2D eigenvalue weighted by molar-refractivity contribution is 5.78. The Morgan fingerprint density at radius 2 is 1.96 bits per heavy atom. The topological polar surface area (TPSA) is 73.1 Å². The van der Waals surface area contributed by atoms with Gasteiger partial charge in [-0.1, -0.05) is 18.2 Å². The van der Waals surface area contributed by atoms with Crippen molar-refractivity contribution in [1.82, 2.24) is 24.4 Å². The maximum atomic E-state index is 12.7. The van der Waals surface area contributed by atoms with Crippen molar-refractivity contribution in [3.05, 3.63) is 66.6 Å². The summed E-state index contributed by atoms with van der Waals surface area (Å²) < 4.78 is 7.57. The Balaban J connectivity index is 1.47. The largest absolute Gasteiger partial charge is 0.484 e. The predicted octanol–water partition coefficient (Wildman–Crippen LogP) is 2.76. The van der Waals surface area contributed by atoms with Crippen LogP contribution in [0.2, 0.25) is 0 Å². The zero-order valence-corrected chi connectivity index (χ0v) is 15.9. The monoisotopic (exact) mass is 377 g/mol. The maximum absolute atomic E-state index is 12.7. The molecule has 28 heavy (non-hydrogen) atoms. The second-order valence-electron chi connectivity index (χ2n) is 6.89.